The van der Waals surface area contributed by atoms with E-state index in [1.165, 1.54) is 12.4 Å². The van der Waals surface area contributed by atoms with Crippen molar-refractivity contribution in [3.63, 3.8) is 0 Å². The summed E-state index contributed by atoms with van der Waals surface area (Å²) < 4.78 is 0. The summed E-state index contributed by atoms with van der Waals surface area (Å²) in [6.07, 6.45) is 1.54. The molecule has 166 valence electrons. The van der Waals surface area contributed by atoms with Gasteiger partial charge in [-0.25, -0.2) is 14.9 Å². The number of anilines is 2. The largest absolute Gasteiger partial charge is 0.353 e. The first kappa shape index (κ1) is 21.1. The Morgan fingerprint density at radius 2 is 1.64 bits per heavy atom. The molecule has 0 atom stereocenters. The van der Waals surface area contributed by atoms with E-state index in [0.717, 1.165) is 16.4 Å². The third-order valence-electron chi connectivity index (χ3n) is 5.91. The number of piperazine rings is 1. The summed E-state index contributed by atoms with van der Waals surface area (Å²) in [5.41, 5.74) is 2.07. The lowest BCUT2D eigenvalue weighted by Crippen LogP contribution is -2.49. The molecule has 33 heavy (non-hydrogen) atoms. The Hall–Kier alpha value is -3.78. The molecule has 2 aliphatic rings. The van der Waals surface area contributed by atoms with E-state index in [0.29, 0.717) is 42.5 Å². The minimum atomic E-state index is -0.485. The van der Waals surface area contributed by atoms with Gasteiger partial charge in [0, 0.05) is 43.5 Å². The molecule has 0 spiro atoms. The van der Waals surface area contributed by atoms with Crippen molar-refractivity contribution in [1.82, 2.24) is 14.9 Å². The van der Waals surface area contributed by atoms with Crippen LogP contribution < -0.4 is 9.80 Å². The molecule has 1 aromatic heterocycles. The number of aryl methyl sites for hydroxylation is 1. The van der Waals surface area contributed by atoms with Gasteiger partial charge in [0.05, 0.1) is 21.8 Å². The molecule has 0 saturated carbocycles. The molecular formula is C24H20ClN5O3. The van der Waals surface area contributed by atoms with Crippen LogP contribution in [-0.2, 0) is 0 Å². The molecule has 8 nitrogen and oxygen atoms in total. The van der Waals surface area contributed by atoms with Crippen LogP contribution in [0, 0.1) is 6.92 Å². The predicted molar refractivity (Wildman–Crippen MR) is 124 cm³/mol. The highest BCUT2D eigenvalue weighted by molar-refractivity contribution is 6.39. The van der Waals surface area contributed by atoms with Gasteiger partial charge in [0.1, 0.15) is 12.1 Å². The Labute approximate surface area is 195 Å². The first-order chi connectivity index (χ1) is 15.9. The van der Waals surface area contributed by atoms with Gasteiger partial charge in [0.25, 0.3) is 17.7 Å². The van der Waals surface area contributed by atoms with E-state index >= 15 is 0 Å². The van der Waals surface area contributed by atoms with Crippen LogP contribution >= 0.6 is 11.6 Å². The lowest BCUT2D eigenvalue weighted by Gasteiger charge is -2.35. The van der Waals surface area contributed by atoms with E-state index in [4.69, 9.17) is 11.6 Å². The molecule has 3 aromatic rings. The second kappa shape index (κ2) is 8.29. The van der Waals surface area contributed by atoms with Crippen LogP contribution in [0.5, 0.6) is 0 Å². The average Bonchev–Trinajstić information content (AvgIpc) is 3.08. The fourth-order valence-electron chi connectivity index (χ4n) is 4.16. The molecule has 2 aromatic carbocycles. The van der Waals surface area contributed by atoms with Crippen LogP contribution in [0.15, 0.2) is 54.9 Å². The summed E-state index contributed by atoms with van der Waals surface area (Å²) in [4.78, 5) is 52.4. The van der Waals surface area contributed by atoms with Gasteiger partial charge in [0.15, 0.2) is 0 Å². The Kier molecular flexibility index (Phi) is 5.30. The van der Waals surface area contributed by atoms with Crippen molar-refractivity contribution in [3.8, 4) is 0 Å². The number of amides is 3. The number of nitrogens with zero attached hydrogens (tertiary/aromatic N) is 5. The number of imide groups is 1. The number of para-hydroxylation sites is 1. The molecule has 0 aliphatic carbocycles. The smallest absolute Gasteiger partial charge is 0.266 e. The van der Waals surface area contributed by atoms with Gasteiger partial charge in [-0.05, 0) is 37.3 Å². The second-order valence-corrected chi connectivity index (χ2v) is 8.36. The lowest BCUT2D eigenvalue weighted by atomic mass is 10.0. The molecule has 0 radical (unpaired) electrons. The van der Waals surface area contributed by atoms with E-state index in [1.54, 1.807) is 41.3 Å². The molecular weight excluding hydrogens is 442 g/mol. The van der Waals surface area contributed by atoms with Gasteiger partial charge in [-0.1, -0.05) is 23.7 Å². The Balaban J connectivity index is 1.34. The maximum absolute atomic E-state index is 13.1. The van der Waals surface area contributed by atoms with Crippen molar-refractivity contribution in [3.05, 3.63) is 82.3 Å². The monoisotopic (exact) mass is 461 g/mol. The molecule has 0 bridgehead atoms. The van der Waals surface area contributed by atoms with Gasteiger partial charge in [-0.15, -0.1) is 0 Å². The Morgan fingerprint density at radius 1 is 0.909 bits per heavy atom. The average molecular weight is 462 g/mol. The number of aromatic nitrogens is 2. The third kappa shape index (κ3) is 3.72. The van der Waals surface area contributed by atoms with Gasteiger partial charge in [0.2, 0.25) is 0 Å². The van der Waals surface area contributed by atoms with E-state index in [2.05, 4.69) is 14.9 Å². The van der Waals surface area contributed by atoms with Crippen LogP contribution in [0.2, 0.25) is 5.02 Å². The number of carbonyl (C=O) groups is 3. The highest BCUT2D eigenvalue weighted by atomic mass is 35.5. The van der Waals surface area contributed by atoms with E-state index < -0.39 is 11.8 Å². The number of benzene rings is 2. The highest BCUT2D eigenvalue weighted by Crippen LogP contribution is 2.33. The lowest BCUT2D eigenvalue weighted by molar-refractivity contribution is 0.0746. The zero-order valence-corrected chi connectivity index (χ0v) is 18.6. The minimum absolute atomic E-state index is 0.173. The number of fused-ring (bicyclic) bond motifs is 1. The minimum Gasteiger partial charge on any atom is -0.353 e. The van der Waals surface area contributed by atoms with Crippen molar-refractivity contribution in [2.24, 2.45) is 0 Å². The molecule has 5 rings (SSSR count). The predicted octanol–water partition coefficient (Wildman–Crippen LogP) is 3.20. The summed E-state index contributed by atoms with van der Waals surface area (Å²) in [5.74, 6) is -0.263. The van der Waals surface area contributed by atoms with Crippen molar-refractivity contribution in [1.29, 1.82) is 0 Å². The number of hydrogen-bond donors (Lipinski definition) is 0. The first-order valence-corrected chi connectivity index (χ1v) is 10.9. The quantitative estimate of drug-likeness (QED) is 0.557. The highest BCUT2D eigenvalue weighted by Gasteiger charge is 2.38. The first-order valence-electron chi connectivity index (χ1n) is 10.5. The van der Waals surface area contributed by atoms with Crippen molar-refractivity contribution in [2.45, 2.75) is 6.92 Å². The van der Waals surface area contributed by atoms with Crippen molar-refractivity contribution < 1.29 is 14.4 Å². The van der Waals surface area contributed by atoms with Gasteiger partial charge in [-0.3, -0.25) is 14.4 Å². The Bertz CT molecular complexity index is 1290. The fourth-order valence-corrected chi connectivity index (χ4v) is 4.38. The van der Waals surface area contributed by atoms with Crippen LogP contribution in [0.1, 0.15) is 36.8 Å². The molecule has 0 N–H and O–H groups in total. The van der Waals surface area contributed by atoms with Gasteiger partial charge < -0.3 is 9.80 Å². The van der Waals surface area contributed by atoms with Crippen molar-refractivity contribution >= 4 is 40.8 Å². The van der Waals surface area contributed by atoms with E-state index in [-0.39, 0.29) is 17.0 Å². The molecule has 1 fully saturated rings. The van der Waals surface area contributed by atoms with Gasteiger partial charge in [-0.2, -0.15) is 0 Å². The Morgan fingerprint density at radius 3 is 2.36 bits per heavy atom. The molecule has 9 heteroatoms. The van der Waals surface area contributed by atoms with Crippen LogP contribution in [0.3, 0.4) is 0 Å². The van der Waals surface area contributed by atoms with E-state index in [9.17, 15) is 14.4 Å². The van der Waals surface area contributed by atoms with Crippen LogP contribution in [0.4, 0.5) is 11.5 Å². The maximum Gasteiger partial charge on any atom is 0.266 e. The maximum atomic E-state index is 13.1. The number of rotatable bonds is 3. The third-order valence-corrected chi connectivity index (χ3v) is 6.23. The molecule has 3 heterocycles. The zero-order chi connectivity index (χ0) is 23.1. The molecule has 3 amide bonds. The summed E-state index contributed by atoms with van der Waals surface area (Å²) in [6.45, 7) is 4.25. The molecule has 0 unspecified atom stereocenters. The zero-order valence-electron chi connectivity index (χ0n) is 17.9. The summed E-state index contributed by atoms with van der Waals surface area (Å²) in [6, 6.07) is 13.3. The second-order valence-electron chi connectivity index (χ2n) is 7.95. The SMILES string of the molecule is Cc1cc(N2CCN(C(=O)c3ccc4c(c3)C(=O)N(c3ccccc3Cl)C4=O)CC2)ncn1. The van der Waals surface area contributed by atoms with E-state index in [1.807, 2.05) is 13.0 Å². The summed E-state index contributed by atoms with van der Waals surface area (Å²) in [7, 11) is 0. The number of carbonyl (C=O) groups excluding carboxylic acids is 3. The topological polar surface area (TPSA) is 86.7 Å². The van der Waals surface area contributed by atoms with Gasteiger partial charge >= 0.3 is 0 Å². The van der Waals surface area contributed by atoms with Crippen molar-refractivity contribution in [2.75, 3.05) is 36.0 Å². The van der Waals surface area contributed by atoms with Crippen LogP contribution in [0.25, 0.3) is 0 Å². The number of hydrogen-bond acceptors (Lipinski definition) is 6. The standard InChI is InChI=1S/C24H20ClN5O3/c1-15-12-21(27-14-26-15)28-8-10-29(11-9-28)22(31)16-6-7-17-18(13-16)24(33)30(23(17)32)20-5-3-2-4-19(20)25/h2-7,12-14H,8-11H2,1H3. The normalized spacial score (nSPS) is 15.8. The summed E-state index contributed by atoms with van der Waals surface area (Å²) >= 11 is 6.21. The number of halogens is 1. The van der Waals surface area contributed by atoms with Crippen LogP contribution in [-0.4, -0.2) is 58.8 Å². The molecule has 1 saturated heterocycles. The molecule has 2 aliphatic heterocycles. The fraction of sp³-hybridized carbons (Fsp3) is 0.208. The summed E-state index contributed by atoms with van der Waals surface area (Å²) in [5, 5.41) is 0.306.